The summed E-state index contributed by atoms with van der Waals surface area (Å²) in [5.41, 5.74) is 0.523. The van der Waals surface area contributed by atoms with Crippen molar-refractivity contribution in [3.8, 4) is 0 Å². The quantitative estimate of drug-likeness (QED) is 0.704. The molecule has 0 saturated carbocycles. The normalized spacial score (nSPS) is 19.1. The average molecular weight is 284 g/mol. The highest BCUT2D eigenvalue weighted by molar-refractivity contribution is 7.99. The van der Waals surface area contributed by atoms with Gasteiger partial charge >= 0.3 is 5.97 Å². The van der Waals surface area contributed by atoms with Gasteiger partial charge in [0, 0.05) is 36.7 Å². The van der Waals surface area contributed by atoms with Gasteiger partial charge in [0.2, 0.25) is 5.91 Å². The smallest absolute Gasteiger partial charge is 0.325 e. The highest BCUT2D eigenvalue weighted by Gasteiger charge is 2.17. The second-order valence-corrected chi connectivity index (χ2v) is 5.45. The summed E-state index contributed by atoms with van der Waals surface area (Å²) >= 11 is 1.84. The number of carbonyl (C=O) groups excluding carboxylic acids is 1. The molecule has 19 heavy (non-hydrogen) atoms. The minimum atomic E-state index is -0.968. The van der Waals surface area contributed by atoms with Gasteiger partial charge in [-0.05, 0) is 0 Å². The Morgan fingerprint density at radius 2 is 2.47 bits per heavy atom. The van der Waals surface area contributed by atoms with Crippen LogP contribution in [0.2, 0.25) is 0 Å². The number of aliphatic carboxylic acids is 1. The maximum Gasteiger partial charge on any atom is 0.325 e. The van der Waals surface area contributed by atoms with E-state index in [1.165, 1.54) is 17.1 Å². The van der Waals surface area contributed by atoms with Crippen LogP contribution in [-0.2, 0) is 16.1 Å². The fourth-order valence-electron chi connectivity index (χ4n) is 1.84. The van der Waals surface area contributed by atoms with E-state index < -0.39 is 5.97 Å². The molecule has 1 saturated heterocycles. The third-order valence-electron chi connectivity index (χ3n) is 2.64. The van der Waals surface area contributed by atoms with E-state index in [-0.39, 0.29) is 18.5 Å². The summed E-state index contributed by atoms with van der Waals surface area (Å²) in [4.78, 5) is 22.3. The van der Waals surface area contributed by atoms with Crippen molar-refractivity contribution in [2.45, 2.75) is 19.0 Å². The Bertz CT molecular complexity index is 457. The number of amides is 1. The number of carbonyl (C=O) groups is 2. The number of thioether (sulfide) groups is 1. The Hall–Kier alpha value is -1.54. The molecule has 3 N–H and O–H groups in total. The van der Waals surface area contributed by atoms with Crippen LogP contribution in [-0.4, -0.2) is 50.9 Å². The van der Waals surface area contributed by atoms with Crippen LogP contribution < -0.4 is 10.6 Å². The van der Waals surface area contributed by atoms with Crippen LogP contribution >= 0.6 is 11.8 Å². The van der Waals surface area contributed by atoms with Gasteiger partial charge in [-0.2, -0.15) is 16.9 Å². The van der Waals surface area contributed by atoms with Gasteiger partial charge in [-0.1, -0.05) is 0 Å². The molecule has 0 spiro atoms. The Kier molecular flexibility index (Phi) is 4.80. The maximum absolute atomic E-state index is 11.8. The average Bonchev–Trinajstić information content (AvgIpc) is 2.76. The molecule has 0 bridgehead atoms. The molecule has 8 heteroatoms. The van der Waals surface area contributed by atoms with Crippen LogP contribution in [0.3, 0.4) is 0 Å². The summed E-state index contributed by atoms with van der Waals surface area (Å²) < 4.78 is 1.27. The molecular weight excluding hydrogens is 268 g/mol. The van der Waals surface area contributed by atoms with Gasteiger partial charge in [0.05, 0.1) is 11.9 Å². The molecule has 0 aliphatic carbocycles. The van der Waals surface area contributed by atoms with E-state index in [1.54, 1.807) is 0 Å². The second kappa shape index (κ2) is 6.58. The molecule has 1 aliphatic rings. The Morgan fingerprint density at radius 3 is 3.16 bits per heavy atom. The lowest BCUT2D eigenvalue weighted by Crippen LogP contribution is -2.39. The number of carboxylic acid groups (broad SMARTS) is 1. The molecule has 2 rings (SSSR count). The van der Waals surface area contributed by atoms with E-state index in [9.17, 15) is 9.59 Å². The maximum atomic E-state index is 11.8. The first-order valence-corrected chi connectivity index (χ1v) is 7.14. The molecule has 0 aromatic carbocycles. The lowest BCUT2D eigenvalue weighted by atomic mass is 10.2. The summed E-state index contributed by atoms with van der Waals surface area (Å²) in [5, 5.41) is 18.5. The molecule has 1 unspecified atom stereocenters. The van der Waals surface area contributed by atoms with Gasteiger partial charge in [-0.15, -0.1) is 0 Å². The number of hydrogen-bond donors (Lipinski definition) is 3. The van der Waals surface area contributed by atoms with Crippen LogP contribution in [0, 0.1) is 0 Å². The third-order valence-corrected chi connectivity index (χ3v) is 3.78. The van der Waals surface area contributed by atoms with Crippen LogP contribution in [0.1, 0.15) is 6.42 Å². The van der Waals surface area contributed by atoms with E-state index in [2.05, 4.69) is 15.7 Å². The fourth-order valence-corrected chi connectivity index (χ4v) is 2.79. The highest BCUT2D eigenvalue weighted by Crippen LogP contribution is 2.12. The molecular formula is C11H16N4O3S. The monoisotopic (exact) mass is 284 g/mol. The van der Waals surface area contributed by atoms with Crippen LogP contribution in [0.25, 0.3) is 0 Å². The minimum absolute atomic E-state index is 0.0881. The molecule has 1 aliphatic heterocycles. The van der Waals surface area contributed by atoms with E-state index in [0.717, 1.165) is 18.1 Å². The number of hydrogen-bond acceptors (Lipinski definition) is 5. The first-order chi connectivity index (χ1) is 9.13. The van der Waals surface area contributed by atoms with Gasteiger partial charge in [-0.25, -0.2) is 0 Å². The van der Waals surface area contributed by atoms with Crippen molar-refractivity contribution in [1.29, 1.82) is 0 Å². The fraction of sp³-hybridized carbons (Fsp3) is 0.545. The SMILES string of the molecule is O=C(O)Cn1cc(NC(=O)CC2CSCCN2)cn1. The molecule has 1 atom stereocenters. The molecule has 2 heterocycles. The van der Waals surface area contributed by atoms with Gasteiger partial charge < -0.3 is 15.7 Å². The third kappa shape index (κ3) is 4.56. The van der Waals surface area contributed by atoms with Crippen molar-refractivity contribution in [1.82, 2.24) is 15.1 Å². The largest absolute Gasteiger partial charge is 0.480 e. The van der Waals surface area contributed by atoms with Crippen LogP contribution in [0.15, 0.2) is 12.4 Å². The van der Waals surface area contributed by atoms with Gasteiger partial charge in [-0.3, -0.25) is 14.3 Å². The van der Waals surface area contributed by atoms with Crippen molar-refractivity contribution in [2.75, 3.05) is 23.4 Å². The molecule has 0 radical (unpaired) electrons. The van der Waals surface area contributed by atoms with Gasteiger partial charge in [0.25, 0.3) is 0 Å². The highest BCUT2D eigenvalue weighted by atomic mass is 32.2. The summed E-state index contributed by atoms with van der Waals surface area (Å²) in [6.45, 7) is 0.718. The molecule has 1 fully saturated rings. The Labute approximate surface area is 114 Å². The zero-order valence-electron chi connectivity index (χ0n) is 10.3. The van der Waals surface area contributed by atoms with Gasteiger partial charge in [0.1, 0.15) is 6.54 Å². The Balaban J connectivity index is 1.81. The number of rotatable bonds is 5. The first-order valence-electron chi connectivity index (χ1n) is 5.99. The number of nitrogens with one attached hydrogen (secondary N) is 2. The van der Waals surface area contributed by atoms with Crippen molar-refractivity contribution >= 4 is 29.3 Å². The van der Waals surface area contributed by atoms with Crippen molar-refractivity contribution < 1.29 is 14.7 Å². The van der Waals surface area contributed by atoms with Crippen LogP contribution in [0.4, 0.5) is 5.69 Å². The predicted molar refractivity (Wildman–Crippen MR) is 72.2 cm³/mol. The summed E-state index contributed by atoms with van der Waals surface area (Å²) in [5.74, 6) is 0.963. The lowest BCUT2D eigenvalue weighted by Gasteiger charge is -2.22. The standard InChI is InChI=1S/C11H16N4O3S/c16-10(3-8-7-19-2-1-12-8)14-9-4-13-15(5-9)6-11(17)18/h4-5,8,12H,1-3,6-7H2,(H,14,16)(H,17,18). The van der Waals surface area contributed by atoms with E-state index in [4.69, 9.17) is 5.11 Å². The summed E-state index contributed by atoms with van der Waals surface area (Å²) in [6.07, 6.45) is 3.37. The minimum Gasteiger partial charge on any atom is -0.480 e. The number of anilines is 1. The van der Waals surface area contributed by atoms with Gasteiger partial charge in [0.15, 0.2) is 0 Å². The second-order valence-electron chi connectivity index (χ2n) is 4.30. The Morgan fingerprint density at radius 1 is 1.63 bits per heavy atom. The summed E-state index contributed by atoms with van der Waals surface area (Å²) in [7, 11) is 0. The van der Waals surface area contributed by atoms with E-state index in [0.29, 0.717) is 12.1 Å². The number of nitrogens with zero attached hydrogens (tertiary/aromatic N) is 2. The first kappa shape index (κ1) is 13.9. The molecule has 104 valence electrons. The lowest BCUT2D eigenvalue weighted by molar-refractivity contribution is -0.137. The molecule has 7 nitrogen and oxygen atoms in total. The number of aromatic nitrogens is 2. The summed E-state index contributed by atoms with van der Waals surface area (Å²) in [6, 6.07) is 0.202. The molecule has 1 aromatic rings. The van der Waals surface area contributed by atoms with Crippen LogP contribution in [0.5, 0.6) is 0 Å². The zero-order chi connectivity index (χ0) is 13.7. The van der Waals surface area contributed by atoms with E-state index >= 15 is 0 Å². The molecule has 1 aromatic heterocycles. The van der Waals surface area contributed by atoms with Crippen molar-refractivity contribution in [3.05, 3.63) is 12.4 Å². The van der Waals surface area contributed by atoms with E-state index in [1.807, 2.05) is 11.8 Å². The topological polar surface area (TPSA) is 96.2 Å². The van der Waals surface area contributed by atoms with Crippen molar-refractivity contribution in [3.63, 3.8) is 0 Å². The molecule has 1 amide bonds. The van der Waals surface area contributed by atoms with Crippen molar-refractivity contribution in [2.24, 2.45) is 0 Å². The predicted octanol–water partition coefficient (Wildman–Crippen LogP) is 0.00130. The zero-order valence-corrected chi connectivity index (χ0v) is 11.2. The number of carboxylic acids is 1.